The number of aryl methyl sites for hydroxylation is 2. The van der Waals surface area contributed by atoms with Gasteiger partial charge < -0.3 is 10.6 Å². The molecular formula is C22H22N2O. The molecule has 3 aromatic carbocycles. The van der Waals surface area contributed by atoms with Gasteiger partial charge in [-0.05, 0) is 48.7 Å². The highest BCUT2D eigenvalue weighted by atomic mass is 16.2. The minimum absolute atomic E-state index is 0.204. The van der Waals surface area contributed by atoms with Gasteiger partial charge in [-0.3, -0.25) is 0 Å². The van der Waals surface area contributed by atoms with Crippen LogP contribution in [0.25, 0.3) is 11.1 Å². The summed E-state index contributed by atoms with van der Waals surface area (Å²) in [6, 6.07) is 24.2. The first kappa shape index (κ1) is 16.8. The van der Waals surface area contributed by atoms with Gasteiger partial charge in [-0.1, -0.05) is 65.7 Å². The van der Waals surface area contributed by atoms with Crippen molar-refractivity contribution >= 4 is 11.7 Å². The molecule has 0 aliphatic heterocycles. The maximum atomic E-state index is 12.0. The predicted molar refractivity (Wildman–Crippen MR) is 104 cm³/mol. The second kappa shape index (κ2) is 7.67. The van der Waals surface area contributed by atoms with Crippen LogP contribution in [0.3, 0.4) is 0 Å². The van der Waals surface area contributed by atoms with E-state index in [0.717, 1.165) is 16.8 Å². The first-order chi connectivity index (χ1) is 12.1. The van der Waals surface area contributed by atoms with Gasteiger partial charge in [0.1, 0.15) is 0 Å². The van der Waals surface area contributed by atoms with Crippen LogP contribution < -0.4 is 10.6 Å². The average Bonchev–Trinajstić information content (AvgIpc) is 2.63. The number of hydrogen-bond acceptors (Lipinski definition) is 1. The fourth-order valence-electron chi connectivity index (χ4n) is 2.60. The molecule has 3 aromatic rings. The van der Waals surface area contributed by atoms with E-state index in [4.69, 9.17) is 0 Å². The summed E-state index contributed by atoms with van der Waals surface area (Å²) in [5.41, 5.74) is 6.59. The molecule has 0 bridgehead atoms. The zero-order valence-electron chi connectivity index (χ0n) is 14.5. The van der Waals surface area contributed by atoms with Crippen molar-refractivity contribution in [2.75, 3.05) is 5.32 Å². The minimum Gasteiger partial charge on any atom is -0.334 e. The van der Waals surface area contributed by atoms with Crippen LogP contribution in [-0.4, -0.2) is 6.03 Å². The number of hydrogen-bond donors (Lipinski definition) is 2. The van der Waals surface area contributed by atoms with E-state index < -0.39 is 0 Å². The Labute approximate surface area is 148 Å². The van der Waals surface area contributed by atoms with Crippen molar-refractivity contribution in [3.8, 4) is 11.1 Å². The molecule has 0 saturated heterocycles. The van der Waals surface area contributed by atoms with Crippen molar-refractivity contribution in [3.63, 3.8) is 0 Å². The van der Waals surface area contributed by atoms with Crippen molar-refractivity contribution in [1.29, 1.82) is 0 Å². The molecule has 0 spiro atoms. The number of carbonyl (C=O) groups is 1. The predicted octanol–water partition coefficient (Wildman–Crippen LogP) is 5.29. The van der Waals surface area contributed by atoms with Gasteiger partial charge in [0, 0.05) is 12.2 Å². The molecule has 0 unspecified atom stereocenters. The maximum absolute atomic E-state index is 12.0. The van der Waals surface area contributed by atoms with Crippen molar-refractivity contribution in [3.05, 3.63) is 89.5 Å². The molecule has 2 N–H and O–H groups in total. The summed E-state index contributed by atoms with van der Waals surface area (Å²) in [4.78, 5) is 12.0. The van der Waals surface area contributed by atoms with Crippen molar-refractivity contribution in [2.45, 2.75) is 20.4 Å². The average molecular weight is 330 g/mol. The molecular weight excluding hydrogens is 308 g/mol. The monoisotopic (exact) mass is 330 g/mol. The SMILES string of the molecule is Cc1ccc(NC(=O)NCc2cccc(-c3ccc(C)cc3)c2)cc1. The highest BCUT2D eigenvalue weighted by molar-refractivity contribution is 5.89. The van der Waals surface area contributed by atoms with Crippen LogP contribution >= 0.6 is 0 Å². The van der Waals surface area contributed by atoms with Gasteiger partial charge in [-0.25, -0.2) is 4.79 Å². The van der Waals surface area contributed by atoms with Crippen molar-refractivity contribution in [1.82, 2.24) is 5.32 Å². The van der Waals surface area contributed by atoms with E-state index >= 15 is 0 Å². The summed E-state index contributed by atoms with van der Waals surface area (Å²) in [7, 11) is 0. The fraction of sp³-hybridized carbons (Fsp3) is 0.136. The Morgan fingerprint density at radius 2 is 1.44 bits per heavy atom. The summed E-state index contributed by atoms with van der Waals surface area (Å²) in [5, 5.41) is 5.74. The third kappa shape index (κ3) is 4.70. The first-order valence-corrected chi connectivity index (χ1v) is 8.38. The van der Waals surface area contributed by atoms with E-state index in [2.05, 4.69) is 54.0 Å². The fourth-order valence-corrected chi connectivity index (χ4v) is 2.60. The van der Waals surface area contributed by atoms with Gasteiger partial charge in [0.15, 0.2) is 0 Å². The van der Waals surface area contributed by atoms with E-state index in [9.17, 15) is 4.79 Å². The molecule has 0 fully saturated rings. The number of carbonyl (C=O) groups excluding carboxylic acids is 1. The van der Waals surface area contributed by atoms with Crippen LogP contribution in [0.2, 0.25) is 0 Å². The Balaban J connectivity index is 1.61. The number of benzene rings is 3. The van der Waals surface area contributed by atoms with Crippen molar-refractivity contribution < 1.29 is 4.79 Å². The third-order valence-corrected chi connectivity index (χ3v) is 4.07. The molecule has 0 saturated carbocycles. The van der Waals surface area contributed by atoms with Crippen LogP contribution in [0, 0.1) is 13.8 Å². The topological polar surface area (TPSA) is 41.1 Å². The van der Waals surface area contributed by atoms with Crippen molar-refractivity contribution in [2.24, 2.45) is 0 Å². The molecule has 3 nitrogen and oxygen atoms in total. The summed E-state index contributed by atoms with van der Waals surface area (Å²) < 4.78 is 0. The van der Waals surface area contributed by atoms with Crippen LogP contribution in [0.5, 0.6) is 0 Å². The summed E-state index contributed by atoms with van der Waals surface area (Å²) in [5.74, 6) is 0. The van der Waals surface area contributed by atoms with Crippen LogP contribution in [0.15, 0.2) is 72.8 Å². The summed E-state index contributed by atoms with van der Waals surface area (Å²) in [6.07, 6.45) is 0. The second-order valence-electron chi connectivity index (χ2n) is 6.24. The van der Waals surface area contributed by atoms with Crippen LogP contribution in [0.4, 0.5) is 10.5 Å². The quantitative estimate of drug-likeness (QED) is 0.670. The molecule has 126 valence electrons. The first-order valence-electron chi connectivity index (χ1n) is 8.38. The van der Waals surface area contributed by atoms with Gasteiger partial charge in [-0.15, -0.1) is 0 Å². The molecule has 0 aromatic heterocycles. The zero-order valence-corrected chi connectivity index (χ0v) is 14.5. The van der Waals surface area contributed by atoms with E-state index in [1.165, 1.54) is 16.7 Å². The largest absolute Gasteiger partial charge is 0.334 e. The Morgan fingerprint density at radius 3 is 2.12 bits per heavy atom. The Kier molecular flexibility index (Phi) is 5.14. The van der Waals surface area contributed by atoms with Gasteiger partial charge >= 0.3 is 6.03 Å². The third-order valence-electron chi connectivity index (χ3n) is 4.07. The molecule has 0 heterocycles. The molecule has 0 radical (unpaired) electrons. The van der Waals surface area contributed by atoms with E-state index in [-0.39, 0.29) is 6.03 Å². The van der Waals surface area contributed by atoms with Gasteiger partial charge in [-0.2, -0.15) is 0 Å². The second-order valence-corrected chi connectivity index (χ2v) is 6.24. The van der Waals surface area contributed by atoms with Gasteiger partial charge in [0.05, 0.1) is 0 Å². The van der Waals surface area contributed by atoms with E-state index in [1.807, 2.05) is 43.3 Å². The number of rotatable bonds is 4. The standard InChI is InChI=1S/C22H22N2O/c1-16-6-10-19(11-7-16)20-5-3-4-18(14-20)15-23-22(25)24-21-12-8-17(2)9-13-21/h3-14H,15H2,1-2H3,(H2,23,24,25). The molecule has 25 heavy (non-hydrogen) atoms. The number of urea groups is 1. The van der Waals surface area contributed by atoms with Crippen LogP contribution in [0.1, 0.15) is 16.7 Å². The molecule has 3 rings (SSSR count). The number of nitrogens with one attached hydrogen (secondary N) is 2. The Hall–Kier alpha value is -3.07. The highest BCUT2D eigenvalue weighted by Gasteiger charge is 2.03. The lowest BCUT2D eigenvalue weighted by Gasteiger charge is -2.09. The summed E-state index contributed by atoms with van der Waals surface area (Å²) in [6.45, 7) is 4.58. The van der Waals surface area contributed by atoms with Gasteiger partial charge in [0.25, 0.3) is 0 Å². The molecule has 0 atom stereocenters. The van der Waals surface area contributed by atoms with E-state index in [1.54, 1.807) is 0 Å². The number of anilines is 1. The Bertz CT molecular complexity index is 852. The Morgan fingerprint density at radius 1 is 0.800 bits per heavy atom. The lowest BCUT2D eigenvalue weighted by atomic mass is 10.0. The lowest BCUT2D eigenvalue weighted by molar-refractivity contribution is 0.251. The molecule has 0 aliphatic carbocycles. The highest BCUT2D eigenvalue weighted by Crippen LogP contribution is 2.21. The normalized spacial score (nSPS) is 10.3. The summed E-state index contributed by atoms with van der Waals surface area (Å²) >= 11 is 0. The smallest absolute Gasteiger partial charge is 0.319 e. The van der Waals surface area contributed by atoms with Gasteiger partial charge in [0.2, 0.25) is 0 Å². The van der Waals surface area contributed by atoms with E-state index in [0.29, 0.717) is 6.54 Å². The maximum Gasteiger partial charge on any atom is 0.319 e. The number of amides is 2. The zero-order chi connectivity index (χ0) is 17.6. The molecule has 2 amide bonds. The minimum atomic E-state index is -0.204. The molecule has 0 aliphatic rings. The van der Waals surface area contributed by atoms with Crippen LogP contribution in [-0.2, 0) is 6.54 Å². The molecule has 3 heteroatoms. The lowest BCUT2D eigenvalue weighted by Crippen LogP contribution is -2.28.